The number of allylic oxidation sites excluding steroid dienone is 1. The van der Waals surface area contributed by atoms with Crippen LogP contribution in [0.15, 0.2) is 69.6 Å². The van der Waals surface area contributed by atoms with Crippen LogP contribution >= 0.6 is 27.3 Å². The molecule has 9 nitrogen and oxygen atoms in total. The molecule has 0 bridgehead atoms. The van der Waals surface area contributed by atoms with Gasteiger partial charge in [-0.05, 0) is 46.3 Å². The van der Waals surface area contributed by atoms with E-state index in [0.29, 0.717) is 32.1 Å². The Labute approximate surface area is 199 Å². The molecule has 2 heterocycles. The summed E-state index contributed by atoms with van der Waals surface area (Å²) in [4.78, 5) is 22.7. The number of anilines is 1. The minimum absolute atomic E-state index is 0.0458. The number of nitrogens with zero attached hydrogens (tertiary/aromatic N) is 4. The molecule has 0 aliphatic rings. The predicted molar refractivity (Wildman–Crippen MR) is 126 cm³/mol. The number of benzene rings is 2. The van der Waals surface area contributed by atoms with Crippen LogP contribution in [-0.2, 0) is 0 Å². The van der Waals surface area contributed by atoms with E-state index in [9.17, 15) is 20.2 Å². The van der Waals surface area contributed by atoms with Gasteiger partial charge in [0.05, 0.1) is 10.5 Å². The van der Waals surface area contributed by atoms with E-state index >= 15 is 0 Å². The Hall–Kier alpha value is -4.14. The maximum absolute atomic E-state index is 12.3. The number of amides is 1. The van der Waals surface area contributed by atoms with Crippen molar-refractivity contribution in [2.24, 2.45) is 0 Å². The Balaban J connectivity index is 1.54. The van der Waals surface area contributed by atoms with Gasteiger partial charge in [-0.2, -0.15) is 5.26 Å². The quantitative estimate of drug-likeness (QED) is 0.193. The molecule has 162 valence electrons. The highest BCUT2D eigenvalue weighted by molar-refractivity contribution is 9.10. The van der Waals surface area contributed by atoms with Crippen LogP contribution in [0.5, 0.6) is 0 Å². The van der Waals surface area contributed by atoms with Gasteiger partial charge in [0.2, 0.25) is 5.13 Å². The number of hydrogen-bond donors (Lipinski definition) is 1. The van der Waals surface area contributed by atoms with Crippen molar-refractivity contribution in [1.82, 2.24) is 10.2 Å². The Morgan fingerprint density at radius 3 is 2.67 bits per heavy atom. The molecule has 1 amide bonds. The molecule has 0 aliphatic carbocycles. The Morgan fingerprint density at radius 1 is 1.18 bits per heavy atom. The number of non-ortho nitro benzene ring substituents is 1. The highest BCUT2D eigenvalue weighted by Crippen LogP contribution is 2.33. The van der Waals surface area contributed by atoms with Gasteiger partial charge in [0.25, 0.3) is 11.6 Å². The number of nitrogens with one attached hydrogen (secondary N) is 1. The average molecular weight is 522 g/mol. The maximum Gasteiger partial charge on any atom is 0.270 e. The van der Waals surface area contributed by atoms with Crippen molar-refractivity contribution in [2.45, 2.75) is 0 Å². The standard InChI is InChI=1S/C22H12BrN5O4S/c23-18-11-15(28(30)31)6-8-17(18)19-9-7-16(32-19)10-14(12-24)21-26-27-22(33-21)25-20(29)13-4-2-1-3-5-13/h1-11H,(H,25,27,29)/b14-10+. The zero-order valence-corrected chi connectivity index (χ0v) is 19.0. The Kier molecular flexibility index (Phi) is 6.39. The molecule has 4 aromatic rings. The summed E-state index contributed by atoms with van der Waals surface area (Å²) in [6.07, 6.45) is 1.51. The summed E-state index contributed by atoms with van der Waals surface area (Å²) in [7, 11) is 0. The molecular formula is C22H12BrN5O4S. The number of aromatic nitrogens is 2. The number of hydrogen-bond acceptors (Lipinski definition) is 8. The van der Waals surface area contributed by atoms with Gasteiger partial charge < -0.3 is 4.42 Å². The van der Waals surface area contributed by atoms with Crippen molar-refractivity contribution >= 4 is 55.6 Å². The third-order valence-corrected chi connectivity index (χ3v) is 5.90. The van der Waals surface area contributed by atoms with Gasteiger partial charge in [0, 0.05) is 33.8 Å². The van der Waals surface area contributed by atoms with Gasteiger partial charge in [-0.1, -0.05) is 29.5 Å². The van der Waals surface area contributed by atoms with Crippen LogP contribution in [-0.4, -0.2) is 21.0 Å². The molecular weight excluding hydrogens is 510 g/mol. The normalized spacial score (nSPS) is 11.1. The molecule has 0 saturated heterocycles. The van der Waals surface area contributed by atoms with Crippen molar-refractivity contribution in [3.63, 3.8) is 0 Å². The molecule has 1 N–H and O–H groups in total. The molecule has 33 heavy (non-hydrogen) atoms. The second-order valence-corrected chi connectivity index (χ2v) is 8.36. The van der Waals surface area contributed by atoms with E-state index in [1.165, 1.54) is 18.2 Å². The van der Waals surface area contributed by atoms with Gasteiger partial charge in [0.1, 0.15) is 17.6 Å². The minimum Gasteiger partial charge on any atom is -0.457 e. The molecule has 0 unspecified atom stereocenters. The first-order valence-corrected chi connectivity index (χ1v) is 10.9. The van der Waals surface area contributed by atoms with E-state index < -0.39 is 4.92 Å². The summed E-state index contributed by atoms with van der Waals surface area (Å²) in [5, 5.41) is 31.6. The second kappa shape index (κ2) is 9.56. The fraction of sp³-hybridized carbons (Fsp3) is 0. The van der Waals surface area contributed by atoms with Gasteiger partial charge in [-0.25, -0.2) is 0 Å². The summed E-state index contributed by atoms with van der Waals surface area (Å²) < 4.78 is 6.30. The average Bonchev–Trinajstić information content (AvgIpc) is 3.47. The molecule has 0 radical (unpaired) electrons. The van der Waals surface area contributed by atoms with Crippen LogP contribution < -0.4 is 5.32 Å². The Bertz CT molecular complexity index is 1420. The van der Waals surface area contributed by atoms with Gasteiger partial charge in [0.15, 0.2) is 5.01 Å². The topological polar surface area (TPSA) is 135 Å². The summed E-state index contributed by atoms with van der Waals surface area (Å²) in [5.74, 6) is 0.524. The first kappa shape index (κ1) is 22.1. The number of carbonyl (C=O) groups excluding carboxylic acids is 1. The number of rotatable bonds is 6. The van der Waals surface area contributed by atoms with Crippen molar-refractivity contribution in [3.8, 4) is 17.4 Å². The first-order chi connectivity index (χ1) is 15.9. The lowest BCUT2D eigenvalue weighted by atomic mass is 10.1. The zero-order valence-electron chi connectivity index (χ0n) is 16.6. The predicted octanol–water partition coefficient (Wildman–Crippen LogP) is 5.79. The van der Waals surface area contributed by atoms with Crippen LogP contribution in [0.2, 0.25) is 0 Å². The first-order valence-electron chi connectivity index (χ1n) is 9.31. The van der Waals surface area contributed by atoms with Gasteiger partial charge in [-0.3, -0.25) is 20.2 Å². The lowest BCUT2D eigenvalue weighted by Gasteiger charge is -2.01. The van der Waals surface area contributed by atoms with E-state index in [1.54, 1.807) is 42.5 Å². The summed E-state index contributed by atoms with van der Waals surface area (Å²) in [6, 6.07) is 18.4. The summed E-state index contributed by atoms with van der Waals surface area (Å²) in [5.41, 5.74) is 1.26. The number of nitro benzene ring substituents is 1. The van der Waals surface area contributed by atoms with Crippen LogP contribution in [0, 0.1) is 21.4 Å². The zero-order chi connectivity index (χ0) is 23.4. The van der Waals surface area contributed by atoms with Crippen LogP contribution in [0.1, 0.15) is 21.1 Å². The lowest BCUT2D eigenvalue weighted by molar-refractivity contribution is -0.384. The third-order valence-electron chi connectivity index (χ3n) is 4.37. The molecule has 0 saturated carbocycles. The number of nitriles is 1. The van der Waals surface area contributed by atoms with Crippen molar-refractivity contribution in [1.29, 1.82) is 5.26 Å². The highest BCUT2D eigenvalue weighted by Gasteiger charge is 2.15. The molecule has 2 aromatic carbocycles. The molecule has 4 rings (SSSR count). The molecule has 11 heteroatoms. The maximum atomic E-state index is 12.3. The van der Waals surface area contributed by atoms with Crippen LogP contribution in [0.25, 0.3) is 23.0 Å². The SMILES string of the molecule is N#C/C(=C\c1ccc(-c2ccc([N+](=O)[O-])cc2Br)o1)c1nnc(NC(=O)c2ccccc2)s1. The van der Waals surface area contributed by atoms with E-state index in [4.69, 9.17) is 4.42 Å². The molecule has 0 atom stereocenters. The van der Waals surface area contributed by atoms with Crippen molar-refractivity contribution in [3.05, 3.63) is 91.6 Å². The summed E-state index contributed by atoms with van der Waals surface area (Å²) in [6.45, 7) is 0. The molecule has 0 aliphatic heterocycles. The lowest BCUT2D eigenvalue weighted by Crippen LogP contribution is -2.11. The monoisotopic (exact) mass is 521 g/mol. The van der Waals surface area contributed by atoms with Crippen molar-refractivity contribution in [2.75, 3.05) is 5.32 Å². The number of furan rings is 1. The minimum atomic E-state index is -0.483. The van der Waals surface area contributed by atoms with Crippen LogP contribution in [0.3, 0.4) is 0 Å². The second-order valence-electron chi connectivity index (χ2n) is 6.53. The van der Waals surface area contributed by atoms with E-state index in [-0.39, 0.29) is 22.3 Å². The molecule has 2 aromatic heterocycles. The van der Waals surface area contributed by atoms with Gasteiger partial charge >= 0.3 is 0 Å². The Morgan fingerprint density at radius 2 is 1.97 bits per heavy atom. The highest BCUT2D eigenvalue weighted by atomic mass is 79.9. The summed E-state index contributed by atoms with van der Waals surface area (Å²) >= 11 is 4.38. The van der Waals surface area contributed by atoms with E-state index in [1.807, 2.05) is 6.07 Å². The molecule has 0 spiro atoms. The van der Waals surface area contributed by atoms with E-state index in [0.717, 1.165) is 11.3 Å². The number of carbonyl (C=O) groups is 1. The third kappa shape index (κ3) is 5.03. The van der Waals surface area contributed by atoms with Crippen LogP contribution in [0.4, 0.5) is 10.8 Å². The largest absolute Gasteiger partial charge is 0.457 e. The smallest absolute Gasteiger partial charge is 0.270 e. The van der Waals surface area contributed by atoms with Gasteiger partial charge in [-0.15, -0.1) is 10.2 Å². The van der Waals surface area contributed by atoms with Crippen molar-refractivity contribution < 1.29 is 14.1 Å². The number of nitro groups is 1. The number of halogens is 1. The fourth-order valence-corrected chi connectivity index (χ4v) is 4.08. The van der Waals surface area contributed by atoms with E-state index in [2.05, 4.69) is 37.5 Å². The molecule has 0 fully saturated rings. The fourth-order valence-electron chi connectivity index (χ4n) is 2.82.